The minimum Gasteiger partial charge on any atom is -0.454 e. The van der Waals surface area contributed by atoms with Gasteiger partial charge in [-0.1, -0.05) is 224 Å². The third kappa shape index (κ3) is 6.77. The summed E-state index contributed by atoms with van der Waals surface area (Å²) >= 11 is 0. The lowest BCUT2D eigenvalue weighted by molar-refractivity contribution is 0.572. The summed E-state index contributed by atoms with van der Waals surface area (Å²) in [5.74, 6) is 0. The van der Waals surface area contributed by atoms with Crippen LogP contribution in [0.4, 0.5) is 34.1 Å². The number of nitrogens with zero attached hydrogens (tertiary/aromatic N) is 2. The molecule has 0 unspecified atom stereocenters. The number of hydrogen-bond donors (Lipinski definition) is 0. The third-order valence-corrected chi connectivity index (χ3v) is 17.6. The van der Waals surface area contributed by atoms with Crippen molar-refractivity contribution < 1.29 is 8.83 Å². The highest BCUT2D eigenvalue weighted by Gasteiger charge is 2.53. The minimum absolute atomic E-state index is 0.0921. The van der Waals surface area contributed by atoms with E-state index in [-0.39, 0.29) is 10.8 Å². The van der Waals surface area contributed by atoms with Gasteiger partial charge in [0.1, 0.15) is 11.2 Å². The van der Waals surface area contributed by atoms with E-state index in [9.17, 15) is 0 Å². The van der Waals surface area contributed by atoms with Gasteiger partial charge in [-0.2, -0.15) is 0 Å². The second-order valence-corrected chi connectivity index (χ2v) is 24.3. The summed E-state index contributed by atoms with van der Waals surface area (Å²) < 4.78 is 14.1. The largest absolute Gasteiger partial charge is 0.454 e. The maximum absolute atomic E-state index is 7.07. The normalized spacial score (nSPS) is 13.4. The summed E-state index contributed by atoms with van der Waals surface area (Å²) in [6.07, 6.45) is 0. The summed E-state index contributed by atoms with van der Waals surface area (Å²) in [5, 5.41) is 9.30. The highest BCUT2D eigenvalue weighted by atomic mass is 16.3. The van der Waals surface area contributed by atoms with Gasteiger partial charge in [-0.15, -0.1) is 0 Å². The molecule has 0 saturated carbocycles. The fourth-order valence-electron chi connectivity index (χ4n) is 14.2. The second-order valence-electron chi connectivity index (χ2n) is 24.3. The molecule has 0 amide bonds. The molecule has 0 bridgehead atoms. The fourth-order valence-corrected chi connectivity index (χ4v) is 14.2. The van der Waals surface area contributed by atoms with Gasteiger partial charge in [-0.3, -0.25) is 0 Å². The standard InChI is InChI=1S/C77H58N2O2/c1-75(2,3)65-33-17-27-59-61-29-19-35-67(73(61)80-71(59)65)78(49-21-9-7-10-22-49)51-39-43-53-47(45-51)37-41-57-58-42-38-48-46-52(40-44-54(48)70(58)77(69(53)57)63-31-15-13-25-55(63)56-26-14-16-32-64(56)77)79(50-23-11-8-12-24-50)68-36-20-30-62-60-28-18-34-66(76(4,5)6)72(60)81-74(62)68/h7-46H,1-6H3. The van der Waals surface area contributed by atoms with Gasteiger partial charge in [-0.05, 0) is 138 Å². The lowest BCUT2D eigenvalue weighted by atomic mass is 9.68. The molecule has 2 aromatic heterocycles. The van der Waals surface area contributed by atoms with Crippen LogP contribution < -0.4 is 9.80 Å². The molecule has 0 N–H and O–H groups in total. The molecule has 1 spiro atoms. The van der Waals surface area contributed by atoms with Gasteiger partial charge >= 0.3 is 0 Å². The van der Waals surface area contributed by atoms with Crippen molar-refractivity contribution in [1.29, 1.82) is 0 Å². The van der Waals surface area contributed by atoms with E-state index in [1.807, 2.05) is 0 Å². The molecule has 12 aromatic carbocycles. The lowest BCUT2D eigenvalue weighted by Gasteiger charge is -2.33. The molecule has 0 fully saturated rings. The quantitative estimate of drug-likeness (QED) is 0.166. The minimum atomic E-state index is -0.618. The number of furan rings is 2. The zero-order valence-corrected chi connectivity index (χ0v) is 46.3. The summed E-state index contributed by atoms with van der Waals surface area (Å²) in [6.45, 7) is 13.6. The topological polar surface area (TPSA) is 32.8 Å². The maximum atomic E-state index is 7.07. The van der Waals surface area contributed by atoms with Crippen LogP contribution in [-0.4, -0.2) is 0 Å². The Morgan fingerprint density at radius 1 is 0.296 bits per heavy atom. The Labute approximate surface area is 471 Å². The zero-order valence-electron chi connectivity index (χ0n) is 46.3. The van der Waals surface area contributed by atoms with Gasteiger partial charge < -0.3 is 18.6 Å². The van der Waals surface area contributed by atoms with E-state index >= 15 is 0 Å². The Hall–Kier alpha value is -9.64. The predicted octanol–water partition coefficient (Wildman–Crippen LogP) is 21.7. The summed E-state index contributed by atoms with van der Waals surface area (Å²) in [6, 6.07) is 89.8. The van der Waals surface area contributed by atoms with E-state index in [2.05, 4.69) is 294 Å². The molecule has 2 heterocycles. The van der Waals surface area contributed by atoms with Crippen LogP contribution in [0, 0.1) is 0 Å². The van der Waals surface area contributed by atoms with Crippen molar-refractivity contribution in [3.8, 4) is 22.3 Å². The molecule has 0 radical (unpaired) electrons. The van der Waals surface area contributed by atoms with Crippen LogP contribution in [0.1, 0.15) is 74.9 Å². The molecule has 4 nitrogen and oxygen atoms in total. The van der Waals surface area contributed by atoms with Crippen LogP contribution in [0.25, 0.3) is 87.7 Å². The highest BCUT2D eigenvalue weighted by molar-refractivity contribution is 6.14. The molecule has 14 aromatic rings. The van der Waals surface area contributed by atoms with Crippen LogP contribution in [0.5, 0.6) is 0 Å². The molecule has 81 heavy (non-hydrogen) atoms. The van der Waals surface area contributed by atoms with Crippen molar-refractivity contribution in [3.05, 3.63) is 276 Å². The molecule has 2 aliphatic rings. The van der Waals surface area contributed by atoms with E-state index in [1.165, 1.54) is 77.2 Å². The summed E-state index contributed by atoms with van der Waals surface area (Å²) in [7, 11) is 0. The first-order valence-electron chi connectivity index (χ1n) is 28.4. The first kappa shape index (κ1) is 47.4. The Bertz CT molecular complexity index is 4600. The fraction of sp³-hybridized carbons (Fsp3) is 0.117. The van der Waals surface area contributed by atoms with Gasteiger partial charge in [0.15, 0.2) is 11.2 Å². The van der Waals surface area contributed by atoms with E-state index in [1.54, 1.807) is 0 Å². The van der Waals surface area contributed by atoms with Gasteiger partial charge in [0, 0.05) is 55.4 Å². The number of fused-ring (bicyclic) bond motifs is 20. The molecule has 4 heteroatoms. The molecular weight excluding hydrogens is 985 g/mol. The molecule has 0 atom stereocenters. The molecule has 0 aliphatic heterocycles. The third-order valence-electron chi connectivity index (χ3n) is 17.6. The number of rotatable bonds is 6. The van der Waals surface area contributed by atoms with Crippen LogP contribution in [0.15, 0.2) is 251 Å². The van der Waals surface area contributed by atoms with E-state index in [0.717, 1.165) is 78.0 Å². The average Bonchev–Trinajstić information content (AvgIpc) is 2.77. The van der Waals surface area contributed by atoms with Crippen molar-refractivity contribution in [1.82, 2.24) is 0 Å². The van der Waals surface area contributed by atoms with Crippen LogP contribution in [0.2, 0.25) is 0 Å². The SMILES string of the molecule is CC(C)(C)c1cccc2c1oc1c(N(c3ccccc3)c3ccc4c5c(ccc4c3)-c3ccc4cc(N(c6ccccc6)c6cccc7c6oc6c(C(C)(C)C)cccc67)ccc4c3C53c4ccccc4-c4ccccc43)cccc12. The van der Waals surface area contributed by atoms with E-state index in [4.69, 9.17) is 8.83 Å². The first-order chi connectivity index (χ1) is 39.5. The first-order valence-corrected chi connectivity index (χ1v) is 28.4. The maximum Gasteiger partial charge on any atom is 0.159 e. The Balaban J connectivity index is 0.911. The molecule has 2 aliphatic carbocycles. The number of para-hydroxylation sites is 6. The molecule has 388 valence electrons. The van der Waals surface area contributed by atoms with Gasteiger partial charge in [0.05, 0.1) is 16.8 Å². The van der Waals surface area contributed by atoms with Crippen molar-refractivity contribution >= 4 is 99.5 Å². The van der Waals surface area contributed by atoms with Gasteiger partial charge in [0.2, 0.25) is 0 Å². The molecule has 0 saturated heterocycles. The predicted molar refractivity (Wildman–Crippen MR) is 339 cm³/mol. The number of anilines is 6. The second kappa shape index (κ2) is 17.2. The Kier molecular flexibility index (Phi) is 10.0. The molecular formula is C77H58N2O2. The Morgan fingerprint density at radius 3 is 1.10 bits per heavy atom. The smallest absolute Gasteiger partial charge is 0.159 e. The number of benzene rings is 12. The van der Waals surface area contributed by atoms with Crippen molar-refractivity contribution in [2.75, 3.05) is 9.80 Å². The van der Waals surface area contributed by atoms with Crippen molar-refractivity contribution in [2.24, 2.45) is 0 Å². The van der Waals surface area contributed by atoms with Gasteiger partial charge in [0.25, 0.3) is 0 Å². The average molecular weight is 1040 g/mol. The van der Waals surface area contributed by atoms with E-state index in [0.29, 0.717) is 0 Å². The monoisotopic (exact) mass is 1040 g/mol. The van der Waals surface area contributed by atoms with Crippen LogP contribution in [-0.2, 0) is 16.2 Å². The van der Waals surface area contributed by atoms with Crippen LogP contribution >= 0.6 is 0 Å². The summed E-state index contributed by atoms with van der Waals surface area (Å²) in [5.41, 5.74) is 21.8. The number of hydrogen-bond acceptors (Lipinski definition) is 4. The zero-order chi connectivity index (χ0) is 54.5. The van der Waals surface area contributed by atoms with Crippen molar-refractivity contribution in [3.63, 3.8) is 0 Å². The Morgan fingerprint density at radius 2 is 0.679 bits per heavy atom. The molecule has 16 rings (SSSR count). The summed E-state index contributed by atoms with van der Waals surface area (Å²) in [4.78, 5) is 4.75. The van der Waals surface area contributed by atoms with Crippen LogP contribution in [0.3, 0.4) is 0 Å². The highest BCUT2D eigenvalue weighted by Crippen LogP contribution is 2.66. The van der Waals surface area contributed by atoms with Crippen molar-refractivity contribution in [2.45, 2.75) is 57.8 Å². The van der Waals surface area contributed by atoms with E-state index < -0.39 is 5.41 Å². The lowest BCUT2D eigenvalue weighted by Crippen LogP contribution is -2.26. The van der Waals surface area contributed by atoms with Gasteiger partial charge in [-0.25, -0.2) is 0 Å².